The predicted molar refractivity (Wildman–Crippen MR) is 59.8 cm³/mol. The maximum atomic E-state index is 13.0. The van der Waals surface area contributed by atoms with E-state index in [1.165, 1.54) is 18.9 Å². The molecule has 0 unspecified atom stereocenters. The maximum Gasteiger partial charge on any atom is 0.340 e. The summed E-state index contributed by atoms with van der Waals surface area (Å²) in [5.74, 6) is -0.582. The quantitative estimate of drug-likeness (QED) is 0.369. The van der Waals surface area contributed by atoms with Gasteiger partial charge in [0.05, 0.1) is 12.2 Å². The van der Waals surface area contributed by atoms with Crippen molar-refractivity contribution in [3.05, 3.63) is 29.6 Å². The zero-order valence-electron chi connectivity index (χ0n) is 9.32. The van der Waals surface area contributed by atoms with E-state index in [4.69, 9.17) is 15.2 Å². The lowest BCUT2D eigenvalue weighted by Gasteiger charge is -2.06. The third kappa shape index (κ3) is 3.71. The molecule has 1 saturated carbocycles. The standard InChI is InChI=1S/C12H14FNO3/c13-10-3-9(4-11(14)5-10)12(15)17-7-16-6-8-1-2-8/h3-5,8H,1-2,6-7,14H2. The molecule has 0 saturated heterocycles. The molecule has 0 bridgehead atoms. The molecule has 2 N–H and O–H groups in total. The third-order valence-corrected chi connectivity index (χ3v) is 2.48. The normalized spacial score (nSPS) is 14.6. The fourth-order valence-corrected chi connectivity index (χ4v) is 1.41. The van der Waals surface area contributed by atoms with E-state index in [2.05, 4.69) is 0 Å². The zero-order chi connectivity index (χ0) is 12.3. The van der Waals surface area contributed by atoms with Crippen molar-refractivity contribution in [3.63, 3.8) is 0 Å². The van der Waals surface area contributed by atoms with Gasteiger partial charge in [0.15, 0.2) is 6.79 Å². The zero-order valence-corrected chi connectivity index (χ0v) is 9.32. The highest BCUT2D eigenvalue weighted by atomic mass is 19.1. The Balaban J connectivity index is 1.80. The molecule has 0 radical (unpaired) electrons. The number of nitrogens with two attached hydrogens (primary N) is 1. The van der Waals surface area contributed by atoms with Crippen molar-refractivity contribution in [1.29, 1.82) is 0 Å². The van der Waals surface area contributed by atoms with Gasteiger partial charge in [0.1, 0.15) is 5.82 Å². The van der Waals surface area contributed by atoms with Gasteiger partial charge in [-0.25, -0.2) is 9.18 Å². The second-order valence-electron chi connectivity index (χ2n) is 4.14. The summed E-state index contributed by atoms with van der Waals surface area (Å²) in [5.41, 5.74) is 5.71. The van der Waals surface area contributed by atoms with Crippen LogP contribution < -0.4 is 5.73 Å². The van der Waals surface area contributed by atoms with Gasteiger partial charge in [-0.3, -0.25) is 0 Å². The molecule has 0 spiro atoms. The lowest BCUT2D eigenvalue weighted by molar-refractivity contribution is -0.0345. The summed E-state index contributed by atoms with van der Waals surface area (Å²) >= 11 is 0. The molecule has 1 aliphatic rings. The van der Waals surface area contributed by atoms with Gasteiger partial charge in [0.2, 0.25) is 0 Å². The molecule has 0 aliphatic heterocycles. The summed E-state index contributed by atoms with van der Waals surface area (Å²) < 4.78 is 22.9. The summed E-state index contributed by atoms with van der Waals surface area (Å²) in [4.78, 5) is 11.5. The molecule has 1 aromatic rings. The van der Waals surface area contributed by atoms with Crippen LogP contribution in [-0.2, 0) is 9.47 Å². The first-order valence-corrected chi connectivity index (χ1v) is 5.46. The van der Waals surface area contributed by atoms with Crippen LogP contribution in [0, 0.1) is 11.7 Å². The number of benzene rings is 1. The first-order chi connectivity index (χ1) is 8.15. The first kappa shape index (κ1) is 11.9. The van der Waals surface area contributed by atoms with Gasteiger partial charge in [-0.1, -0.05) is 0 Å². The average molecular weight is 239 g/mol. The van der Waals surface area contributed by atoms with Crippen LogP contribution in [0.25, 0.3) is 0 Å². The lowest BCUT2D eigenvalue weighted by atomic mass is 10.2. The smallest absolute Gasteiger partial charge is 0.340 e. The van der Waals surface area contributed by atoms with Crippen molar-refractivity contribution < 1.29 is 18.7 Å². The highest BCUT2D eigenvalue weighted by Gasteiger charge is 2.21. The Hall–Kier alpha value is -1.62. The third-order valence-electron chi connectivity index (χ3n) is 2.48. The van der Waals surface area contributed by atoms with Gasteiger partial charge < -0.3 is 15.2 Å². The van der Waals surface area contributed by atoms with E-state index in [0.29, 0.717) is 12.5 Å². The summed E-state index contributed by atoms with van der Waals surface area (Å²) in [6.45, 7) is 0.504. The van der Waals surface area contributed by atoms with E-state index in [1.54, 1.807) is 0 Å². The molecule has 2 rings (SSSR count). The number of rotatable bonds is 5. The minimum atomic E-state index is -0.632. The van der Waals surface area contributed by atoms with Crippen molar-refractivity contribution in [2.24, 2.45) is 5.92 Å². The van der Waals surface area contributed by atoms with E-state index in [0.717, 1.165) is 12.1 Å². The van der Waals surface area contributed by atoms with Crippen LogP contribution in [0.4, 0.5) is 10.1 Å². The summed E-state index contributed by atoms with van der Waals surface area (Å²) in [6.07, 6.45) is 2.35. The minimum Gasteiger partial charge on any atom is -0.435 e. The number of nitrogen functional groups attached to an aromatic ring is 1. The van der Waals surface area contributed by atoms with Gasteiger partial charge in [-0.15, -0.1) is 0 Å². The van der Waals surface area contributed by atoms with Crippen LogP contribution in [0.3, 0.4) is 0 Å². The average Bonchev–Trinajstić information content (AvgIpc) is 3.06. The minimum absolute atomic E-state index is 0.0949. The Kier molecular flexibility index (Phi) is 3.58. The molecule has 1 aromatic carbocycles. The van der Waals surface area contributed by atoms with E-state index in [-0.39, 0.29) is 18.0 Å². The number of esters is 1. The molecule has 0 aromatic heterocycles. The molecule has 4 nitrogen and oxygen atoms in total. The number of carbonyl (C=O) groups is 1. The molecule has 0 heterocycles. The number of carbonyl (C=O) groups excluding carboxylic acids is 1. The van der Waals surface area contributed by atoms with Crippen LogP contribution in [0.5, 0.6) is 0 Å². The van der Waals surface area contributed by atoms with E-state index < -0.39 is 11.8 Å². The van der Waals surface area contributed by atoms with Crippen molar-refractivity contribution in [2.45, 2.75) is 12.8 Å². The van der Waals surface area contributed by atoms with Crippen molar-refractivity contribution >= 4 is 11.7 Å². The Morgan fingerprint density at radius 1 is 1.41 bits per heavy atom. The van der Waals surface area contributed by atoms with Crippen molar-refractivity contribution in [1.82, 2.24) is 0 Å². The number of anilines is 1. The monoisotopic (exact) mass is 239 g/mol. The number of hydrogen-bond acceptors (Lipinski definition) is 4. The van der Waals surface area contributed by atoms with Gasteiger partial charge in [-0.2, -0.15) is 0 Å². The second kappa shape index (κ2) is 5.14. The first-order valence-electron chi connectivity index (χ1n) is 5.46. The molecule has 1 fully saturated rings. The molecule has 1 aliphatic carbocycles. The largest absolute Gasteiger partial charge is 0.435 e. The molecule has 0 atom stereocenters. The number of hydrogen-bond donors (Lipinski definition) is 1. The Labute approximate surface area is 98.5 Å². The van der Waals surface area contributed by atoms with E-state index in [9.17, 15) is 9.18 Å². The molecule has 92 valence electrons. The van der Waals surface area contributed by atoms with Gasteiger partial charge >= 0.3 is 5.97 Å². The topological polar surface area (TPSA) is 61.6 Å². The van der Waals surface area contributed by atoms with Crippen LogP contribution in [0.2, 0.25) is 0 Å². The molecule has 0 amide bonds. The Morgan fingerprint density at radius 3 is 2.82 bits per heavy atom. The lowest BCUT2D eigenvalue weighted by Crippen LogP contribution is -2.10. The number of ether oxygens (including phenoxy) is 2. The molecular formula is C12H14FNO3. The van der Waals surface area contributed by atoms with Gasteiger partial charge in [0, 0.05) is 5.69 Å². The Morgan fingerprint density at radius 2 is 2.18 bits per heavy atom. The second-order valence-corrected chi connectivity index (χ2v) is 4.14. The van der Waals surface area contributed by atoms with Crippen LogP contribution in [0.1, 0.15) is 23.2 Å². The van der Waals surface area contributed by atoms with E-state index >= 15 is 0 Å². The van der Waals surface area contributed by atoms with Crippen molar-refractivity contribution in [3.8, 4) is 0 Å². The van der Waals surface area contributed by atoms with Crippen LogP contribution >= 0.6 is 0 Å². The maximum absolute atomic E-state index is 13.0. The van der Waals surface area contributed by atoms with Crippen LogP contribution in [-0.4, -0.2) is 19.4 Å². The predicted octanol–water partition coefficient (Wildman–Crippen LogP) is 1.95. The summed E-state index contributed by atoms with van der Waals surface area (Å²) in [7, 11) is 0. The van der Waals surface area contributed by atoms with E-state index in [1.807, 2.05) is 0 Å². The summed E-state index contributed by atoms with van der Waals surface area (Å²) in [6, 6.07) is 3.59. The van der Waals surface area contributed by atoms with Crippen molar-refractivity contribution in [2.75, 3.05) is 19.1 Å². The van der Waals surface area contributed by atoms with Crippen LogP contribution in [0.15, 0.2) is 18.2 Å². The fraction of sp³-hybridized carbons (Fsp3) is 0.417. The highest BCUT2D eigenvalue weighted by Crippen LogP contribution is 2.28. The summed E-state index contributed by atoms with van der Waals surface area (Å²) in [5, 5.41) is 0. The Bertz CT molecular complexity index is 398. The molecule has 5 heteroatoms. The molecule has 17 heavy (non-hydrogen) atoms. The number of halogens is 1. The van der Waals surface area contributed by atoms with Gasteiger partial charge in [0.25, 0.3) is 0 Å². The highest BCUT2D eigenvalue weighted by molar-refractivity contribution is 5.90. The SMILES string of the molecule is Nc1cc(F)cc(C(=O)OCOCC2CC2)c1. The molecular weight excluding hydrogens is 225 g/mol. The fourth-order valence-electron chi connectivity index (χ4n) is 1.41. The van der Waals surface area contributed by atoms with Gasteiger partial charge in [-0.05, 0) is 37.0 Å².